The maximum Gasteiger partial charge on any atom is 0.172 e. The molecule has 4 heteroatoms. The Kier molecular flexibility index (Phi) is 5.52. The van der Waals surface area contributed by atoms with Crippen LogP contribution in [0.25, 0.3) is 0 Å². The van der Waals surface area contributed by atoms with Crippen molar-refractivity contribution in [2.75, 3.05) is 5.75 Å². The fourth-order valence-corrected chi connectivity index (χ4v) is 2.19. The molecule has 2 nitrogen and oxygen atoms in total. The standard InChI is InChI=1S/C12H15BrO2S/c1-8(14)9(2)16-7-12(15)10-3-5-11(13)6-4-10/h3-6,8-9,14H,7H2,1-2H3. The van der Waals surface area contributed by atoms with Crippen LogP contribution in [0.2, 0.25) is 0 Å². The third-order valence-electron chi connectivity index (χ3n) is 2.32. The lowest BCUT2D eigenvalue weighted by molar-refractivity contribution is 0.102. The van der Waals surface area contributed by atoms with E-state index in [1.807, 2.05) is 19.1 Å². The highest BCUT2D eigenvalue weighted by Crippen LogP contribution is 2.17. The monoisotopic (exact) mass is 302 g/mol. The number of rotatable bonds is 5. The Morgan fingerprint density at radius 1 is 1.38 bits per heavy atom. The van der Waals surface area contributed by atoms with Crippen LogP contribution in [-0.4, -0.2) is 28.0 Å². The van der Waals surface area contributed by atoms with Gasteiger partial charge >= 0.3 is 0 Å². The van der Waals surface area contributed by atoms with Crippen LogP contribution in [0.1, 0.15) is 24.2 Å². The molecule has 0 spiro atoms. The minimum Gasteiger partial charge on any atom is -0.392 e. The number of aliphatic hydroxyl groups is 1. The van der Waals surface area contributed by atoms with Gasteiger partial charge < -0.3 is 5.11 Å². The number of carbonyl (C=O) groups is 1. The van der Waals surface area contributed by atoms with Crippen LogP contribution in [0.5, 0.6) is 0 Å². The van der Waals surface area contributed by atoms with Crippen molar-refractivity contribution in [1.82, 2.24) is 0 Å². The molecule has 1 aromatic rings. The van der Waals surface area contributed by atoms with E-state index in [1.165, 1.54) is 11.8 Å². The van der Waals surface area contributed by atoms with Crippen LogP contribution in [0.15, 0.2) is 28.7 Å². The van der Waals surface area contributed by atoms with Crippen LogP contribution >= 0.6 is 27.7 Å². The third-order valence-corrected chi connectivity index (χ3v) is 4.20. The van der Waals surface area contributed by atoms with Gasteiger partial charge in [-0.1, -0.05) is 35.0 Å². The second kappa shape index (κ2) is 6.42. The van der Waals surface area contributed by atoms with Gasteiger partial charge in [0.25, 0.3) is 0 Å². The van der Waals surface area contributed by atoms with Gasteiger partial charge in [0.05, 0.1) is 11.9 Å². The molecule has 0 bridgehead atoms. The second-order valence-corrected chi connectivity index (χ2v) is 5.97. The zero-order chi connectivity index (χ0) is 12.1. The average Bonchev–Trinajstić information content (AvgIpc) is 2.26. The number of aliphatic hydroxyl groups excluding tert-OH is 1. The van der Waals surface area contributed by atoms with Gasteiger partial charge in [-0.05, 0) is 19.1 Å². The van der Waals surface area contributed by atoms with Gasteiger partial charge in [-0.3, -0.25) is 4.79 Å². The van der Waals surface area contributed by atoms with E-state index in [0.717, 1.165) is 4.47 Å². The van der Waals surface area contributed by atoms with E-state index in [4.69, 9.17) is 0 Å². The van der Waals surface area contributed by atoms with Crippen LogP contribution in [-0.2, 0) is 0 Å². The number of hydrogen-bond donors (Lipinski definition) is 1. The Bertz CT molecular complexity index is 349. The highest BCUT2D eigenvalue weighted by Gasteiger charge is 2.12. The number of carbonyl (C=O) groups excluding carboxylic acids is 1. The summed E-state index contributed by atoms with van der Waals surface area (Å²) in [5.74, 6) is 0.512. The summed E-state index contributed by atoms with van der Waals surface area (Å²) in [6.45, 7) is 3.66. The molecular formula is C12H15BrO2S. The summed E-state index contributed by atoms with van der Waals surface area (Å²) in [6, 6.07) is 7.33. The molecule has 0 saturated carbocycles. The predicted molar refractivity (Wildman–Crippen MR) is 72.1 cm³/mol. The smallest absolute Gasteiger partial charge is 0.172 e. The number of hydrogen-bond acceptors (Lipinski definition) is 3. The zero-order valence-electron chi connectivity index (χ0n) is 9.31. The Balaban J connectivity index is 2.50. The van der Waals surface area contributed by atoms with Crippen LogP contribution in [0.3, 0.4) is 0 Å². The first-order valence-corrected chi connectivity index (χ1v) is 6.93. The van der Waals surface area contributed by atoms with Gasteiger partial charge in [0.15, 0.2) is 5.78 Å². The van der Waals surface area contributed by atoms with Crippen molar-refractivity contribution in [2.24, 2.45) is 0 Å². The number of ketones is 1. The maximum atomic E-state index is 11.8. The minimum absolute atomic E-state index is 0.0828. The molecule has 0 aromatic heterocycles. The summed E-state index contributed by atoms with van der Waals surface area (Å²) in [5, 5.41) is 9.39. The van der Waals surface area contributed by atoms with Gasteiger partial charge in [-0.15, -0.1) is 11.8 Å². The number of thioether (sulfide) groups is 1. The molecule has 88 valence electrons. The van der Waals surface area contributed by atoms with E-state index >= 15 is 0 Å². The summed E-state index contributed by atoms with van der Waals surface area (Å²) >= 11 is 4.81. The molecule has 0 radical (unpaired) electrons. The molecule has 0 heterocycles. The first kappa shape index (κ1) is 13.7. The maximum absolute atomic E-state index is 11.8. The van der Waals surface area contributed by atoms with E-state index in [9.17, 15) is 9.90 Å². The summed E-state index contributed by atoms with van der Waals surface area (Å²) in [4.78, 5) is 11.8. The molecule has 1 aromatic carbocycles. The minimum atomic E-state index is -0.386. The van der Waals surface area contributed by atoms with Gasteiger partial charge in [-0.2, -0.15) is 0 Å². The normalized spacial score (nSPS) is 14.5. The average molecular weight is 303 g/mol. The summed E-state index contributed by atoms with van der Waals surface area (Å²) in [7, 11) is 0. The Morgan fingerprint density at radius 2 is 1.94 bits per heavy atom. The third kappa shape index (κ3) is 4.28. The lowest BCUT2D eigenvalue weighted by Gasteiger charge is -2.13. The number of benzene rings is 1. The molecule has 2 unspecified atom stereocenters. The molecule has 0 fully saturated rings. The molecule has 2 atom stereocenters. The van der Waals surface area contributed by atoms with Crippen molar-refractivity contribution in [3.8, 4) is 0 Å². The van der Waals surface area contributed by atoms with Gasteiger partial charge in [-0.25, -0.2) is 0 Å². The van der Waals surface area contributed by atoms with E-state index in [0.29, 0.717) is 11.3 Å². The van der Waals surface area contributed by atoms with E-state index in [1.54, 1.807) is 19.1 Å². The van der Waals surface area contributed by atoms with Crippen molar-refractivity contribution in [3.63, 3.8) is 0 Å². The fraction of sp³-hybridized carbons (Fsp3) is 0.417. The quantitative estimate of drug-likeness (QED) is 0.849. The van der Waals surface area contributed by atoms with Crippen molar-refractivity contribution in [2.45, 2.75) is 25.2 Å². The van der Waals surface area contributed by atoms with Crippen molar-refractivity contribution >= 4 is 33.5 Å². The summed E-state index contributed by atoms with van der Waals surface area (Å²) in [5.41, 5.74) is 0.716. The molecule has 16 heavy (non-hydrogen) atoms. The van der Waals surface area contributed by atoms with Gasteiger partial charge in [0.2, 0.25) is 0 Å². The number of Topliss-reactive ketones (excluding diaryl/α,β-unsaturated/α-hetero) is 1. The molecule has 0 saturated heterocycles. The highest BCUT2D eigenvalue weighted by atomic mass is 79.9. The molecule has 0 aliphatic rings. The SMILES string of the molecule is CC(O)C(C)SCC(=O)c1ccc(Br)cc1. The molecule has 1 rings (SSSR count). The molecule has 0 aliphatic heterocycles. The van der Waals surface area contributed by atoms with Gasteiger partial charge in [0.1, 0.15) is 0 Å². The second-order valence-electron chi connectivity index (χ2n) is 3.69. The molecule has 0 aliphatic carbocycles. The fourth-order valence-electron chi connectivity index (χ4n) is 1.07. The highest BCUT2D eigenvalue weighted by molar-refractivity contribution is 9.10. The van der Waals surface area contributed by atoms with Crippen molar-refractivity contribution in [1.29, 1.82) is 0 Å². The molecular weight excluding hydrogens is 288 g/mol. The first-order chi connectivity index (χ1) is 7.50. The Morgan fingerprint density at radius 3 is 2.44 bits per heavy atom. The van der Waals surface area contributed by atoms with Crippen LogP contribution < -0.4 is 0 Å². The van der Waals surface area contributed by atoms with Crippen LogP contribution in [0.4, 0.5) is 0 Å². The van der Waals surface area contributed by atoms with Crippen LogP contribution in [0, 0.1) is 0 Å². The topological polar surface area (TPSA) is 37.3 Å². The Hall–Kier alpha value is -0.320. The largest absolute Gasteiger partial charge is 0.392 e. The lowest BCUT2D eigenvalue weighted by Crippen LogP contribution is -2.17. The molecule has 1 N–H and O–H groups in total. The van der Waals surface area contributed by atoms with E-state index in [-0.39, 0.29) is 17.1 Å². The Labute approximate surface area is 109 Å². The summed E-state index contributed by atoms with van der Waals surface area (Å²) < 4.78 is 0.967. The zero-order valence-corrected chi connectivity index (χ0v) is 11.7. The van der Waals surface area contributed by atoms with E-state index < -0.39 is 0 Å². The van der Waals surface area contributed by atoms with E-state index in [2.05, 4.69) is 15.9 Å². The first-order valence-electron chi connectivity index (χ1n) is 5.09. The lowest BCUT2D eigenvalue weighted by atomic mass is 10.2. The van der Waals surface area contributed by atoms with Gasteiger partial charge in [0, 0.05) is 15.3 Å². The predicted octanol–water partition coefficient (Wildman–Crippen LogP) is 3.13. The summed E-state index contributed by atoms with van der Waals surface area (Å²) in [6.07, 6.45) is -0.386. The molecule has 0 amide bonds. The number of halogens is 1. The van der Waals surface area contributed by atoms with Crippen molar-refractivity contribution in [3.05, 3.63) is 34.3 Å². The van der Waals surface area contributed by atoms with Crippen molar-refractivity contribution < 1.29 is 9.90 Å².